The second kappa shape index (κ2) is 6.15. The van der Waals surface area contributed by atoms with Crippen LogP contribution in [0, 0.1) is 0 Å². The summed E-state index contributed by atoms with van der Waals surface area (Å²) in [5, 5.41) is 0.299. The lowest BCUT2D eigenvalue weighted by Gasteiger charge is -2.05. The number of ether oxygens (including phenoxy) is 2. The normalized spacial score (nSPS) is 10.0. The second-order valence-electron chi connectivity index (χ2n) is 3.53. The lowest BCUT2D eigenvalue weighted by molar-refractivity contribution is 0.0526. The summed E-state index contributed by atoms with van der Waals surface area (Å²) in [5.41, 5.74) is 0.468. The molecule has 0 atom stereocenters. The molecule has 0 bridgehead atoms. The maximum Gasteiger partial charge on any atom is 0.338 e. The molecular formula is C13H11ClN2O3. The number of hydrogen-bond donors (Lipinski definition) is 0. The van der Waals surface area contributed by atoms with Crippen LogP contribution in [-0.4, -0.2) is 22.5 Å². The van der Waals surface area contributed by atoms with Crippen LogP contribution >= 0.6 is 11.6 Å². The van der Waals surface area contributed by atoms with Crippen LogP contribution in [0.5, 0.6) is 11.6 Å². The van der Waals surface area contributed by atoms with E-state index in [1.54, 1.807) is 31.2 Å². The summed E-state index contributed by atoms with van der Waals surface area (Å²) in [4.78, 5) is 19.1. The Morgan fingerprint density at radius 3 is 2.63 bits per heavy atom. The van der Waals surface area contributed by atoms with E-state index < -0.39 is 0 Å². The Morgan fingerprint density at radius 2 is 2.00 bits per heavy atom. The number of carbonyl (C=O) groups excluding carboxylic acids is 1. The van der Waals surface area contributed by atoms with Crippen molar-refractivity contribution in [2.75, 3.05) is 6.61 Å². The maximum absolute atomic E-state index is 11.5. The van der Waals surface area contributed by atoms with Gasteiger partial charge < -0.3 is 9.47 Å². The maximum atomic E-state index is 11.5. The van der Waals surface area contributed by atoms with Crippen molar-refractivity contribution in [1.29, 1.82) is 0 Å². The molecule has 5 nitrogen and oxygen atoms in total. The molecule has 0 aliphatic carbocycles. The van der Waals surface area contributed by atoms with Crippen molar-refractivity contribution >= 4 is 17.6 Å². The quantitative estimate of drug-likeness (QED) is 0.635. The number of rotatable bonds is 4. The van der Waals surface area contributed by atoms with Gasteiger partial charge in [-0.25, -0.2) is 14.8 Å². The first-order valence-electron chi connectivity index (χ1n) is 5.61. The van der Waals surface area contributed by atoms with Gasteiger partial charge in [-0.05, 0) is 31.2 Å². The molecular weight excluding hydrogens is 268 g/mol. The minimum Gasteiger partial charge on any atom is -0.462 e. The third-order valence-electron chi connectivity index (χ3n) is 2.20. The molecule has 6 heteroatoms. The van der Waals surface area contributed by atoms with Gasteiger partial charge in [0.15, 0.2) is 0 Å². The average Bonchev–Trinajstić information content (AvgIpc) is 2.40. The molecule has 98 valence electrons. The monoisotopic (exact) mass is 278 g/mol. The van der Waals surface area contributed by atoms with Crippen molar-refractivity contribution in [3.05, 3.63) is 47.4 Å². The molecule has 0 aliphatic heterocycles. The molecule has 2 rings (SSSR count). The van der Waals surface area contributed by atoms with Gasteiger partial charge in [-0.15, -0.1) is 0 Å². The smallest absolute Gasteiger partial charge is 0.338 e. The standard InChI is InChI=1S/C13H11ClN2O3/c1-2-18-13(17)9-3-5-10(6-4-9)19-12-7-11(14)15-8-16-12/h3-8H,2H2,1H3. The minimum absolute atomic E-state index is 0.299. The summed E-state index contributed by atoms with van der Waals surface area (Å²) in [6, 6.07) is 8.05. The van der Waals surface area contributed by atoms with Crippen LogP contribution in [0.2, 0.25) is 5.15 Å². The zero-order valence-corrected chi connectivity index (χ0v) is 10.9. The zero-order valence-electron chi connectivity index (χ0n) is 10.2. The average molecular weight is 279 g/mol. The number of esters is 1. The molecule has 0 spiro atoms. The highest BCUT2D eigenvalue weighted by atomic mass is 35.5. The van der Waals surface area contributed by atoms with Crippen molar-refractivity contribution in [2.45, 2.75) is 6.92 Å². The summed E-state index contributed by atoms with van der Waals surface area (Å²) >= 11 is 5.72. The van der Waals surface area contributed by atoms with Crippen molar-refractivity contribution in [3.8, 4) is 11.6 Å². The number of nitrogens with zero attached hydrogens (tertiary/aromatic N) is 2. The Hall–Kier alpha value is -2.14. The van der Waals surface area contributed by atoms with Gasteiger partial charge in [0.05, 0.1) is 12.2 Å². The van der Waals surface area contributed by atoms with Crippen molar-refractivity contribution in [2.24, 2.45) is 0 Å². The highest BCUT2D eigenvalue weighted by Gasteiger charge is 2.06. The molecule has 0 N–H and O–H groups in total. The fraction of sp³-hybridized carbons (Fsp3) is 0.154. The van der Waals surface area contributed by atoms with Crippen LogP contribution in [0.1, 0.15) is 17.3 Å². The lowest BCUT2D eigenvalue weighted by atomic mass is 10.2. The van der Waals surface area contributed by atoms with E-state index in [4.69, 9.17) is 21.1 Å². The van der Waals surface area contributed by atoms with Crippen LogP contribution in [-0.2, 0) is 4.74 Å². The molecule has 19 heavy (non-hydrogen) atoms. The fourth-order valence-electron chi connectivity index (χ4n) is 1.37. The van der Waals surface area contributed by atoms with Gasteiger partial charge in [0.2, 0.25) is 5.88 Å². The number of benzene rings is 1. The van der Waals surface area contributed by atoms with Crippen LogP contribution in [0.15, 0.2) is 36.7 Å². The van der Waals surface area contributed by atoms with Crippen LogP contribution in [0.25, 0.3) is 0 Å². The summed E-state index contributed by atoms with van der Waals surface area (Å²) in [6.07, 6.45) is 1.31. The van der Waals surface area contributed by atoms with Gasteiger partial charge in [0.25, 0.3) is 0 Å². The van der Waals surface area contributed by atoms with E-state index in [1.807, 2.05) is 0 Å². The van der Waals surface area contributed by atoms with E-state index in [0.717, 1.165) is 0 Å². The molecule has 0 saturated carbocycles. The van der Waals surface area contributed by atoms with Gasteiger partial charge in [-0.2, -0.15) is 0 Å². The largest absolute Gasteiger partial charge is 0.462 e. The minimum atomic E-state index is -0.362. The van der Waals surface area contributed by atoms with Crippen molar-refractivity contribution in [1.82, 2.24) is 9.97 Å². The van der Waals surface area contributed by atoms with E-state index in [0.29, 0.717) is 29.0 Å². The van der Waals surface area contributed by atoms with Gasteiger partial charge in [-0.1, -0.05) is 11.6 Å². The predicted octanol–water partition coefficient (Wildman–Crippen LogP) is 3.10. The van der Waals surface area contributed by atoms with E-state index in [-0.39, 0.29) is 5.97 Å². The van der Waals surface area contributed by atoms with Gasteiger partial charge >= 0.3 is 5.97 Å². The first kappa shape index (κ1) is 13.3. The zero-order chi connectivity index (χ0) is 13.7. The molecule has 1 aromatic heterocycles. The second-order valence-corrected chi connectivity index (χ2v) is 3.91. The molecule has 0 amide bonds. The van der Waals surface area contributed by atoms with Gasteiger partial charge in [0.1, 0.15) is 17.2 Å². The first-order valence-corrected chi connectivity index (χ1v) is 5.99. The number of hydrogen-bond acceptors (Lipinski definition) is 5. The summed E-state index contributed by atoms with van der Waals surface area (Å²) < 4.78 is 10.4. The summed E-state index contributed by atoms with van der Waals surface area (Å²) in [5.74, 6) is 0.519. The molecule has 0 fully saturated rings. The Kier molecular flexibility index (Phi) is 4.30. The highest BCUT2D eigenvalue weighted by Crippen LogP contribution is 2.21. The van der Waals surface area contributed by atoms with E-state index in [1.165, 1.54) is 12.4 Å². The van der Waals surface area contributed by atoms with E-state index >= 15 is 0 Å². The molecule has 0 saturated heterocycles. The van der Waals surface area contributed by atoms with Crippen LogP contribution < -0.4 is 4.74 Å². The third-order valence-corrected chi connectivity index (χ3v) is 2.40. The first-order chi connectivity index (χ1) is 9.19. The molecule has 1 heterocycles. The fourth-order valence-corrected chi connectivity index (χ4v) is 1.50. The van der Waals surface area contributed by atoms with Crippen LogP contribution in [0.3, 0.4) is 0 Å². The lowest BCUT2D eigenvalue weighted by Crippen LogP contribution is -2.04. The summed E-state index contributed by atoms with van der Waals surface area (Å²) in [7, 11) is 0. The Balaban J connectivity index is 2.08. The Morgan fingerprint density at radius 1 is 1.26 bits per heavy atom. The Labute approximate surface area is 115 Å². The van der Waals surface area contributed by atoms with Crippen molar-refractivity contribution < 1.29 is 14.3 Å². The molecule has 2 aromatic rings. The Bertz CT molecular complexity index is 572. The molecule has 1 aromatic carbocycles. The van der Waals surface area contributed by atoms with Crippen LogP contribution in [0.4, 0.5) is 0 Å². The predicted molar refractivity (Wildman–Crippen MR) is 69.5 cm³/mol. The van der Waals surface area contributed by atoms with Gasteiger partial charge in [-0.3, -0.25) is 0 Å². The SMILES string of the molecule is CCOC(=O)c1ccc(Oc2cc(Cl)ncn2)cc1. The number of aromatic nitrogens is 2. The highest BCUT2D eigenvalue weighted by molar-refractivity contribution is 6.29. The molecule has 0 radical (unpaired) electrons. The topological polar surface area (TPSA) is 61.3 Å². The summed E-state index contributed by atoms with van der Waals surface area (Å²) in [6.45, 7) is 2.10. The van der Waals surface area contributed by atoms with Gasteiger partial charge in [0, 0.05) is 6.07 Å². The van der Waals surface area contributed by atoms with E-state index in [9.17, 15) is 4.79 Å². The van der Waals surface area contributed by atoms with E-state index in [2.05, 4.69) is 9.97 Å². The number of carbonyl (C=O) groups is 1. The molecule has 0 unspecified atom stereocenters. The molecule has 0 aliphatic rings. The third kappa shape index (κ3) is 3.66. The van der Waals surface area contributed by atoms with Crippen molar-refractivity contribution in [3.63, 3.8) is 0 Å². The number of halogens is 1.